The van der Waals surface area contributed by atoms with Gasteiger partial charge in [-0.15, -0.1) is 11.6 Å². The Hall–Kier alpha value is -0.430. The van der Waals surface area contributed by atoms with Crippen LogP contribution in [0.15, 0.2) is 23.8 Å². The van der Waals surface area contributed by atoms with E-state index in [0.717, 1.165) is 5.57 Å². The van der Waals surface area contributed by atoms with Crippen LogP contribution in [0.1, 0.15) is 33.1 Å². The summed E-state index contributed by atoms with van der Waals surface area (Å²) < 4.78 is 0. The van der Waals surface area contributed by atoms with E-state index >= 15 is 0 Å². The molecular weight excluding hydrogens is 318 g/mol. The Morgan fingerprint density at radius 1 is 1.39 bits per heavy atom. The molecule has 6 atom stereocenters. The molecule has 0 amide bonds. The minimum atomic E-state index is -1.38. The first-order chi connectivity index (χ1) is 10.8. The standard InChI is InChI=1S/C17H28ClNO4/c1-11(6-4-3-5-9-20)10-13-16(22)17(2,23)15-14(21)12(18)7-8-19(13)15/h3-4,6,12-16,20-23H,5,7-10H2,1-2H3/b4-3+,11-6-/t12-,13-,14+,15+,16-,17-/m0/s1. The molecule has 2 aliphatic rings. The smallest absolute Gasteiger partial charge is 0.107 e. The van der Waals surface area contributed by atoms with Crippen LogP contribution in [0.4, 0.5) is 0 Å². The molecule has 2 heterocycles. The van der Waals surface area contributed by atoms with Crippen LogP contribution in [0.5, 0.6) is 0 Å². The first-order valence-electron chi connectivity index (χ1n) is 8.22. The summed E-state index contributed by atoms with van der Waals surface area (Å²) >= 11 is 6.15. The fourth-order valence-electron chi connectivity index (χ4n) is 3.81. The summed E-state index contributed by atoms with van der Waals surface area (Å²) in [5.41, 5.74) is -0.313. The van der Waals surface area contributed by atoms with Crippen LogP contribution in [0.2, 0.25) is 0 Å². The maximum Gasteiger partial charge on any atom is 0.107 e. The first kappa shape index (κ1) is 18.9. The number of piperidine rings is 1. The molecular formula is C17H28ClNO4. The van der Waals surface area contributed by atoms with Gasteiger partial charge in [-0.05, 0) is 33.1 Å². The quantitative estimate of drug-likeness (QED) is 0.437. The third-order valence-electron chi connectivity index (χ3n) is 5.05. The van der Waals surface area contributed by atoms with Crippen molar-refractivity contribution in [3.63, 3.8) is 0 Å². The fourth-order valence-corrected chi connectivity index (χ4v) is 4.04. The third kappa shape index (κ3) is 3.81. The van der Waals surface area contributed by atoms with Crippen molar-refractivity contribution < 1.29 is 20.4 Å². The molecule has 2 rings (SSSR count). The van der Waals surface area contributed by atoms with Crippen molar-refractivity contribution >= 4 is 11.6 Å². The fraction of sp³-hybridized carbons (Fsp3) is 0.765. The molecule has 4 N–H and O–H groups in total. The zero-order valence-corrected chi connectivity index (χ0v) is 14.5. The molecule has 0 aromatic carbocycles. The highest BCUT2D eigenvalue weighted by atomic mass is 35.5. The number of rotatable bonds is 5. The van der Waals surface area contributed by atoms with E-state index in [9.17, 15) is 15.3 Å². The van der Waals surface area contributed by atoms with Crippen LogP contribution in [-0.2, 0) is 0 Å². The van der Waals surface area contributed by atoms with Crippen LogP contribution < -0.4 is 0 Å². The summed E-state index contributed by atoms with van der Waals surface area (Å²) in [7, 11) is 0. The Bertz CT molecular complexity index is 466. The number of nitrogens with zero attached hydrogens (tertiary/aromatic N) is 1. The van der Waals surface area contributed by atoms with Crippen molar-refractivity contribution in [1.82, 2.24) is 4.90 Å². The third-order valence-corrected chi connectivity index (χ3v) is 5.52. The van der Waals surface area contributed by atoms with E-state index in [2.05, 4.69) is 0 Å². The number of halogens is 1. The van der Waals surface area contributed by atoms with Crippen LogP contribution in [-0.4, -0.2) is 73.7 Å². The van der Waals surface area contributed by atoms with E-state index < -0.39 is 29.2 Å². The van der Waals surface area contributed by atoms with Crippen molar-refractivity contribution in [2.24, 2.45) is 0 Å². The molecule has 5 nitrogen and oxygen atoms in total. The van der Waals surface area contributed by atoms with Gasteiger partial charge >= 0.3 is 0 Å². The van der Waals surface area contributed by atoms with Crippen LogP contribution in [0.25, 0.3) is 0 Å². The lowest BCUT2D eigenvalue weighted by atomic mass is 9.86. The van der Waals surface area contributed by atoms with Gasteiger partial charge in [0, 0.05) is 19.2 Å². The maximum atomic E-state index is 10.7. The van der Waals surface area contributed by atoms with Gasteiger partial charge in [0.2, 0.25) is 0 Å². The highest BCUT2D eigenvalue weighted by Crippen LogP contribution is 2.42. The highest BCUT2D eigenvalue weighted by Gasteiger charge is 2.59. The predicted octanol–water partition coefficient (Wildman–Crippen LogP) is 0.798. The van der Waals surface area contributed by atoms with Gasteiger partial charge in [0.05, 0.1) is 23.6 Å². The lowest BCUT2D eigenvalue weighted by molar-refractivity contribution is -0.0912. The summed E-state index contributed by atoms with van der Waals surface area (Å²) in [6.45, 7) is 4.33. The molecule has 2 fully saturated rings. The van der Waals surface area contributed by atoms with E-state index in [0.29, 0.717) is 25.8 Å². The van der Waals surface area contributed by atoms with Crippen LogP contribution in [0.3, 0.4) is 0 Å². The monoisotopic (exact) mass is 345 g/mol. The molecule has 0 aromatic rings. The number of alkyl halides is 1. The van der Waals surface area contributed by atoms with Gasteiger partial charge in [0.1, 0.15) is 5.60 Å². The molecule has 0 spiro atoms. The lowest BCUT2D eigenvalue weighted by Crippen LogP contribution is -2.59. The summed E-state index contributed by atoms with van der Waals surface area (Å²) in [6, 6.07) is -0.784. The molecule has 0 radical (unpaired) electrons. The molecule has 2 aliphatic heterocycles. The second kappa shape index (κ2) is 7.64. The van der Waals surface area contributed by atoms with E-state index in [1.165, 1.54) is 0 Å². The Morgan fingerprint density at radius 2 is 2.09 bits per heavy atom. The van der Waals surface area contributed by atoms with Gasteiger partial charge in [-0.25, -0.2) is 0 Å². The number of aliphatic hydroxyl groups is 4. The van der Waals surface area contributed by atoms with Crippen molar-refractivity contribution in [2.75, 3.05) is 13.2 Å². The van der Waals surface area contributed by atoms with E-state index in [4.69, 9.17) is 16.7 Å². The highest BCUT2D eigenvalue weighted by molar-refractivity contribution is 6.21. The molecule has 132 valence electrons. The predicted molar refractivity (Wildman–Crippen MR) is 90.4 cm³/mol. The molecule has 0 unspecified atom stereocenters. The zero-order chi connectivity index (χ0) is 17.2. The minimum absolute atomic E-state index is 0.126. The Balaban J connectivity index is 2.13. The summed E-state index contributed by atoms with van der Waals surface area (Å²) in [5.74, 6) is 0. The molecule has 2 saturated heterocycles. The van der Waals surface area contributed by atoms with E-state index in [1.807, 2.05) is 30.1 Å². The molecule has 6 heteroatoms. The van der Waals surface area contributed by atoms with Gasteiger partial charge in [-0.1, -0.05) is 23.8 Å². The second-order valence-corrected chi connectivity index (χ2v) is 7.43. The molecule has 0 aromatic heterocycles. The van der Waals surface area contributed by atoms with Crippen molar-refractivity contribution in [3.05, 3.63) is 23.8 Å². The number of fused-ring (bicyclic) bond motifs is 1. The van der Waals surface area contributed by atoms with Gasteiger partial charge < -0.3 is 20.4 Å². The first-order valence-corrected chi connectivity index (χ1v) is 8.65. The normalized spacial score (nSPS) is 42.4. The summed E-state index contributed by atoms with van der Waals surface area (Å²) in [5, 5.41) is 40.0. The summed E-state index contributed by atoms with van der Waals surface area (Å²) in [4.78, 5) is 2.00. The minimum Gasteiger partial charge on any atom is -0.396 e. The van der Waals surface area contributed by atoms with Crippen molar-refractivity contribution in [2.45, 2.75) is 68.4 Å². The lowest BCUT2D eigenvalue weighted by Gasteiger charge is -2.42. The largest absolute Gasteiger partial charge is 0.396 e. The number of aliphatic hydroxyl groups excluding tert-OH is 3. The Labute approximate surface area is 142 Å². The average molecular weight is 346 g/mol. The van der Waals surface area contributed by atoms with Crippen LogP contribution >= 0.6 is 11.6 Å². The number of hydrogen-bond acceptors (Lipinski definition) is 5. The van der Waals surface area contributed by atoms with Crippen molar-refractivity contribution in [1.29, 1.82) is 0 Å². The average Bonchev–Trinajstić information content (AvgIpc) is 2.68. The molecule has 0 bridgehead atoms. The van der Waals surface area contributed by atoms with Crippen molar-refractivity contribution in [3.8, 4) is 0 Å². The van der Waals surface area contributed by atoms with Gasteiger partial charge in [0.15, 0.2) is 0 Å². The SMILES string of the molecule is C/C(=C/C=C/CCO)C[C@H]1[C@H](O)[C@@](C)(O)[C@H]2[C@H](O)[C@@H](Cl)CCN12. The topological polar surface area (TPSA) is 84.2 Å². The van der Waals surface area contributed by atoms with E-state index in [-0.39, 0.29) is 12.6 Å². The van der Waals surface area contributed by atoms with E-state index in [1.54, 1.807) is 6.92 Å². The number of hydrogen-bond donors (Lipinski definition) is 4. The number of allylic oxidation sites excluding steroid dienone is 2. The molecule has 23 heavy (non-hydrogen) atoms. The van der Waals surface area contributed by atoms with Gasteiger partial charge in [-0.2, -0.15) is 0 Å². The van der Waals surface area contributed by atoms with Gasteiger partial charge in [0.25, 0.3) is 0 Å². The van der Waals surface area contributed by atoms with Gasteiger partial charge in [-0.3, -0.25) is 4.90 Å². The molecule has 0 aliphatic carbocycles. The Kier molecular flexibility index (Phi) is 6.28. The zero-order valence-electron chi connectivity index (χ0n) is 13.8. The second-order valence-electron chi connectivity index (χ2n) is 6.87. The molecule has 0 saturated carbocycles. The van der Waals surface area contributed by atoms with Crippen LogP contribution in [0, 0.1) is 0 Å². The Morgan fingerprint density at radius 3 is 2.74 bits per heavy atom. The maximum absolute atomic E-state index is 10.7. The summed E-state index contributed by atoms with van der Waals surface area (Å²) in [6.07, 6.45) is 5.80.